The summed E-state index contributed by atoms with van der Waals surface area (Å²) in [5.74, 6) is 0.503. The molecular weight excluding hydrogens is 418 g/mol. The second kappa shape index (κ2) is 8.43. The molecule has 0 N–H and O–H groups in total. The van der Waals surface area contributed by atoms with Gasteiger partial charge < -0.3 is 9.64 Å². The average Bonchev–Trinajstić information content (AvgIpc) is 3.26. The summed E-state index contributed by atoms with van der Waals surface area (Å²) >= 11 is 7.75. The van der Waals surface area contributed by atoms with Gasteiger partial charge in [0, 0.05) is 15.9 Å². The van der Waals surface area contributed by atoms with Crippen molar-refractivity contribution in [2.24, 2.45) is 0 Å². The quantitative estimate of drug-likeness (QED) is 0.679. The molecular formula is C20H24ClNO4S2. The van der Waals surface area contributed by atoms with Crippen LogP contribution >= 0.6 is 22.9 Å². The number of ether oxygens (including phenoxy) is 1. The van der Waals surface area contributed by atoms with Gasteiger partial charge in [-0.3, -0.25) is 4.79 Å². The molecule has 1 saturated heterocycles. The lowest BCUT2D eigenvalue weighted by Crippen LogP contribution is -2.46. The molecule has 8 heteroatoms. The standard InChI is InChI=1S/C20H24ClNO4S2/c1-13-9-17(10-14(2)19(13)21)26-15(3)20(23)22(11-18-5-4-7-27-18)16-6-8-28(24,25)12-16/h4-5,7,9-10,15-16H,6,8,11-12H2,1-3H3/t15-,16-/m0/s1. The molecule has 0 saturated carbocycles. The smallest absolute Gasteiger partial charge is 0.263 e. The Labute approximate surface area is 175 Å². The van der Waals surface area contributed by atoms with Crippen LogP contribution in [0.1, 0.15) is 29.3 Å². The van der Waals surface area contributed by atoms with E-state index >= 15 is 0 Å². The van der Waals surface area contributed by atoms with Gasteiger partial charge in [0.15, 0.2) is 15.9 Å². The number of hydrogen-bond acceptors (Lipinski definition) is 5. The summed E-state index contributed by atoms with van der Waals surface area (Å²) in [7, 11) is -3.10. The summed E-state index contributed by atoms with van der Waals surface area (Å²) < 4.78 is 29.8. The van der Waals surface area contributed by atoms with Crippen molar-refractivity contribution in [3.05, 3.63) is 50.7 Å². The van der Waals surface area contributed by atoms with Crippen LogP contribution in [0.4, 0.5) is 0 Å². The molecule has 5 nitrogen and oxygen atoms in total. The molecule has 1 aromatic carbocycles. The monoisotopic (exact) mass is 441 g/mol. The minimum absolute atomic E-state index is 0.00992. The van der Waals surface area contributed by atoms with Gasteiger partial charge in [0.25, 0.3) is 5.91 Å². The van der Waals surface area contributed by atoms with Gasteiger partial charge >= 0.3 is 0 Å². The maximum Gasteiger partial charge on any atom is 0.263 e. The fourth-order valence-electron chi connectivity index (χ4n) is 3.44. The third-order valence-corrected chi connectivity index (χ3v) is 8.12. The Morgan fingerprint density at radius 3 is 2.57 bits per heavy atom. The first-order valence-corrected chi connectivity index (χ1v) is 12.2. The van der Waals surface area contributed by atoms with Crippen molar-refractivity contribution >= 4 is 38.7 Å². The third-order valence-electron chi connectivity index (χ3n) is 4.91. The molecule has 152 valence electrons. The largest absolute Gasteiger partial charge is 0.481 e. The van der Waals surface area contributed by atoms with E-state index in [1.807, 2.05) is 43.5 Å². The number of carbonyl (C=O) groups excluding carboxylic acids is 1. The average molecular weight is 442 g/mol. The molecule has 2 heterocycles. The van der Waals surface area contributed by atoms with Crippen LogP contribution in [0, 0.1) is 13.8 Å². The van der Waals surface area contributed by atoms with Gasteiger partial charge in [-0.05, 0) is 61.9 Å². The van der Waals surface area contributed by atoms with Crippen LogP contribution in [0.15, 0.2) is 29.6 Å². The van der Waals surface area contributed by atoms with Gasteiger partial charge in [-0.1, -0.05) is 17.7 Å². The SMILES string of the molecule is Cc1cc(O[C@@H](C)C(=O)N(Cc2cccs2)[C@H]2CCS(=O)(=O)C2)cc(C)c1Cl. The van der Waals surface area contributed by atoms with Crippen molar-refractivity contribution in [3.8, 4) is 5.75 Å². The number of carbonyl (C=O) groups is 1. The van der Waals surface area contributed by atoms with E-state index in [4.69, 9.17) is 16.3 Å². The molecule has 1 amide bonds. The van der Waals surface area contributed by atoms with Crippen molar-refractivity contribution < 1.29 is 17.9 Å². The number of amides is 1. The van der Waals surface area contributed by atoms with Crippen LogP contribution in [-0.4, -0.2) is 42.9 Å². The Morgan fingerprint density at radius 1 is 1.36 bits per heavy atom. The van der Waals surface area contributed by atoms with Crippen LogP contribution in [0.25, 0.3) is 0 Å². The normalized spacial score (nSPS) is 19.4. The van der Waals surface area contributed by atoms with Crippen LogP contribution in [0.5, 0.6) is 5.75 Å². The summed E-state index contributed by atoms with van der Waals surface area (Å²) in [6, 6.07) is 7.17. The van der Waals surface area contributed by atoms with Gasteiger partial charge in [-0.25, -0.2) is 8.42 Å². The molecule has 1 fully saturated rings. The molecule has 0 bridgehead atoms. The van der Waals surface area contributed by atoms with E-state index in [9.17, 15) is 13.2 Å². The number of halogens is 1. The highest BCUT2D eigenvalue weighted by molar-refractivity contribution is 7.91. The molecule has 1 aliphatic heterocycles. The summed E-state index contributed by atoms with van der Waals surface area (Å²) in [5.41, 5.74) is 1.77. The zero-order valence-electron chi connectivity index (χ0n) is 16.1. The second-order valence-electron chi connectivity index (χ2n) is 7.23. The molecule has 28 heavy (non-hydrogen) atoms. The summed E-state index contributed by atoms with van der Waals surface area (Å²) in [5, 5.41) is 2.63. The van der Waals surface area contributed by atoms with E-state index in [2.05, 4.69) is 0 Å². The van der Waals surface area contributed by atoms with Gasteiger partial charge in [0.2, 0.25) is 0 Å². The highest BCUT2D eigenvalue weighted by atomic mass is 35.5. The Hall–Kier alpha value is -1.57. The zero-order chi connectivity index (χ0) is 20.5. The van der Waals surface area contributed by atoms with Crippen molar-refractivity contribution in [1.29, 1.82) is 0 Å². The number of thiophene rings is 1. The predicted molar refractivity (Wildman–Crippen MR) is 113 cm³/mol. The van der Waals surface area contributed by atoms with E-state index in [1.54, 1.807) is 23.2 Å². The van der Waals surface area contributed by atoms with Gasteiger partial charge in [0.1, 0.15) is 5.75 Å². The molecule has 2 aromatic rings. The third kappa shape index (κ3) is 4.88. The van der Waals surface area contributed by atoms with Crippen molar-refractivity contribution in [2.45, 2.75) is 45.9 Å². The molecule has 2 atom stereocenters. The summed E-state index contributed by atoms with van der Waals surface area (Å²) in [6.45, 7) is 5.87. The van der Waals surface area contributed by atoms with Crippen LogP contribution in [-0.2, 0) is 21.2 Å². The number of benzene rings is 1. The minimum atomic E-state index is -3.10. The molecule has 3 rings (SSSR count). The van der Waals surface area contributed by atoms with E-state index in [0.29, 0.717) is 23.7 Å². The Bertz CT molecular complexity index is 934. The maximum atomic E-state index is 13.2. The first kappa shape index (κ1) is 21.1. The summed E-state index contributed by atoms with van der Waals surface area (Å²) in [6.07, 6.45) is -0.269. The fourth-order valence-corrected chi connectivity index (χ4v) is 5.98. The number of sulfone groups is 1. The van der Waals surface area contributed by atoms with E-state index in [1.165, 1.54) is 0 Å². The second-order valence-corrected chi connectivity index (χ2v) is 10.9. The molecule has 0 aliphatic carbocycles. The predicted octanol–water partition coefficient (Wildman–Crippen LogP) is 4.00. The topological polar surface area (TPSA) is 63.7 Å². The van der Waals surface area contributed by atoms with Crippen LogP contribution < -0.4 is 4.74 Å². The Kier molecular flexibility index (Phi) is 6.37. The molecule has 1 aliphatic rings. The minimum Gasteiger partial charge on any atom is -0.481 e. The lowest BCUT2D eigenvalue weighted by Gasteiger charge is -2.30. The Balaban J connectivity index is 1.79. The number of rotatable bonds is 6. The number of hydrogen-bond donors (Lipinski definition) is 0. The summed E-state index contributed by atoms with van der Waals surface area (Å²) in [4.78, 5) is 15.9. The molecule has 0 radical (unpaired) electrons. The van der Waals surface area contributed by atoms with Gasteiger partial charge in [-0.15, -0.1) is 11.3 Å². The fraction of sp³-hybridized carbons (Fsp3) is 0.450. The lowest BCUT2D eigenvalue weighted by molar-refractivity contribution is -0.140. The highest BCUT2D eigenvalue weighted by Crippen LogP contribution is 2.28. The highest BCUT2D eigenvalue weighted by Gasteiger charge is 2.36. The molecule has 1 aromatic heterocycles. The van der Waals surface area contributed by atoms with Crippen molar-refractivity contribution in [3.63, 3.8) is 0 Å². The molecule has 0 unspecified atom stereocenters. The first-order chi connectivity index (χ1) is 13.2. The Morgan fingerprint density at radius 2 is 2.04 bits per heavy atom. The first-order valence-electron chi connectivity index (χ1n) is 9.13. The zero-order valence-corrected chi connectivity index (χ0v) is 18.5. The van der Waals surface area contributed by atoms with Crippen LogP contribution in [0.3, 0.4) is 0 Å². The van der Waals surface area contributed by atoms with Crippen molar-refractivity contribution in [2.75, 3.05) is 11.5 Å². The van der Waals surface area contributed by atoms with Gasteiger partial charge in [0.05, 0.1) is 18.1 Å². The van der Waals surface area contributed by atoms with Crippen molar-refractivity contribution in [1.82, 2.24) is 4.90 Å². The van der Waals surface area contributed by atoms with E-state index in [-0.39, 0.29) is 23.5 Å². The lowest BCUT2D eigenvalue weighted by atomic mass is 10.1. The van der Waals surface area contributed by atoms with Crippen LogP contribution in [0.2, 0.25) is 5.02 Å². The van der Waals surface area contributed by atoms with E-state index < -0.39 is 15.9 Å². The molecule has 0 spiro atoms. The van der Waals surface area contributed by atoms with Gasteiger partial charge in [-0.2, -0.15) is 0 Å². The van der Waals surface area contributed by atoms with E-state index in [0.717, 1.165) is 16.0 Å². The number of nitrogens with zero attached hydrogens (tertiary/aromatic N) is 1. The maximum absolute atomic E-state index is 13.2. The number of aryl methyl sites for hydroxylation is 2.